The summed E-state index contributed by atoms with van der Waals surface area (Å²) in [5.41, 5.74) is 0.762. The molecule has 1 fully saturated rings. The van der Waals surface area contributed by atoms with Gasteiger partial charge in [-0.1, -0.05) is 0 Å². The van der Waals surface area contributed by atoms with Crippen LogP contribution in [0.15, 0.2) is 18.2 Å². The van der Waals surface area contributed by atoms with Crippen LogP contribution in [0.2, 0.25) is 0 Å². The molecule has 8 heteroatoms. The third-order valence-electron chi connectivity index (χ3n) is 6.00. The van der Waals surface area contributed by atoms with Crippen molar-refractivity contribution in [2.75, 3.05) is 40.9 Å². The average Bonchev–Trinajstić information content (AvgIpc) is 2.78. The summed E-state index contributed by atoms with van der Waals surface area (Å²) >= 11 is 0. The first-order valence-electron chi connectivity index (χ1n) is 10.8. The summed E-state index contributed by atoms with van der Waals surface area (Å²) in [4.78, 5) is 28.9. The van der Waals surface area contributed by atoms with Gasteiger partial charge in [0.15, 0.2) is 0 Å². The topological polar surface area (TPSA) is 92.1 Å². The van der Waals surface area contributed by atoms with E-state index in [1.807, 2.05) is 0 Å². The molecule has 2 bridgehead atoms. The van der Waals surface area contributed by atoms with Crippen LogP contribution < -0.4 is 4.74 Å². The van der Waals surface area contributed by atoms with E-state index in [-0.39, 0.29) is 30.1 Å². The van der Waals surface area contributed by atoms with E-state index in [1.165, 1.54) is 0 Å². The molecular weight excluding hydrogens is 398 g/mol. The normalized spacial score (nSPS) is 26.1. The second kappa shape index (κ2) is 10.6. The Kier molecular flexibility index (Phi) is 7.88. The molecule has 3 rings (SSSR count). The van der Waals surface area contributed by atoms with Crippen molar-refractivity contribution in [2.45, 2.75) is 50.4 Å². The Hall–Kier alpha value is -2.63. The minimum atomic E-state index is -0.225. The van der Waals surface area contributed by atoms with Gasteiger partial charge in [-0.15, -0.1) is 0 Å². The zero-order chi connectivity index (χ0) is 22.4. The second-order valence-corrected chi connectivity index (χ2v) is 8.21. The van der Waals surface area contributed by atoms with Gasteiger partial charge >= 0.3 is 0 Å². The maximum atomic E-state index is 13.0. The van der Waals surface area contributed by atoms with Gasteiger partial charge in [0.2, 0.25) is 5.91 Å². The fraction of sp³-hybridized carbons (Fsp3) is 0.609. The maximum Gasteiger partial charge on any atom is 0.257 e. The molecule has 0 unspecified atom stereocenters. The lowest BCUT2D eigenvalue weighted by atomic mass is 9.98. The fourth-order valence-electron chi connectivity index (χ4n) is 4.11. The number of rotatable bonds is 1. The number of benzene rings is 1. The first-order chi connectivity index (χ1) is 14.9. The third kappa shape index (κ3) is 5.75. The Morgan fingerprint density at radius 2 is 1.97 bits per heavy atom. The predicted molar refractivity (Wildman–Crippen MR) is 114 cm³/mol. The first kappa shape index (κ1) is 23.0. The van der Waals surface area contributed by atoms with Crippen molar-refractivity contribution < 1.29 is 23.8 Å². The zero-order valence-electron chi connectivity index (χ0n) is 18.5. The summed E-state index contributed by atoms with van der Waals surface area (Å²) in [5.74, 6) is 0.252. The van der Waals surface area contributed by atoms with Crippen LogP contribution in [0.5, 0.6) is 5.75 Å². The highest BCUT2D eigenvalue weighted by Gasteiger charge is 2.33. The predicted octanol–water partition coefficient (Wildman–Crippen LogP) is 2.21. The van der Waals surface area contributed by atoms with Crippen molar-refractivity contribution >= 4 is 11.8 Å². The molecular formula is C23H31N3O5. The number of nitriles is 1. The van der Waals surface area contributed by atoms with Gasteiger partial charge in [0.05, 0.1) is 36.0 Å². The van der Waals surface area contributed by atoms with Crippen LogP contribution in [0.3, 0.4) is 0 Å². The lowest BCUT2D eigenvalue weighted by Crippen LogP contribution is -2.47. The standard InChI is InChI=1S/C23H31N3O5/c1-25-11-4-5-22(27)26(2)15-21-20(29-3)9-7-17(31-21)10-12-30-19-8-6-16(14-24)13-18(19)23(25)28/h6,8,13,17,20-21H,4-5,7,9-12,15H2,1-3H3/t17-,20-,21-/m0/s1. The Bertz CT molecular complexity index is 837. The number of ether oxygens (including phenoxy) is 3. The molecule has 1 aromatic carbocycles. The van der Waals surface area contributed by atoms with Crippen LogP contribution in [0.4, 0.5) is 0 Å². The van der Waals surface area contributed by atoms with Crippen LogP contribution in [-0.4, -0.2) is 80.8 Å². The summed E-state index contributed by atoms with van der Waals surface area (Å²) in [7, 11) is 5.16. The highest BCUT2D eigenvalue weighted by atomic mass is 16.5. The molecule has 2 aliphatic rings. The molecule has 0 spiro atoms. The quantitative estimate of drug-likeness (QED) is 0.680. The number of likely N-dealkylation sites (N-methyl/N-ethyl adjacent to an activating group) is 1. The van der Waals surface area contributed by atoms with Crippen LogP contribution >= 0.6 is 0 Å². The number of methoxy groups -OCH3 is 1. The van der Waals surface area contributed by atoms with Gasteiger partial charge in [-0.3, -0.25) is 9.59 Å². The number of nitrogens with zero attached hydrogens (tertiary/aromatic N) is 3. The molecule has 0 N–H and O–H groups in total. The molecule has 0 aliphatic carbocycles. The van der Waals surface area contributed by atoms with Crippen LogP contribution in [0, 0.1) is 11.3 Å². The number of hydrogen-bond acceptors (Lipinski definition) is 6. The fourth-order valence-corrected chi connectivity index (χ4v) is 4.11. The monoisotopic (exact) mass is 429 g/mol. The Morgan fingerprint density at radius 3 is 2.71 bits per heavy atom. The largest absolute Gasteiger partial charge is 0.493 e. The maximum absolute atomic E-state index is 13.0. The highest BCUT2D eigenvalue weighted by molar-refractivity contribution is 5.97. The molecule has 0 saturated carbocycles. The van der Waals surface area contributed by atoms with E-state index >= 15 is 0 Å². The van der Waals surface area contributed by atoms with E-state index in [0.717, 1.165) is 12.8 Å². The third-order valence-corrected chi connectivity index (χ3v) is 6.00. The molecule has 168 valence electrons. The Labute approximate surface area is 183 Å². The number of hydrogen-bond donors (Lipinski definition) is 0. The van der Waals surface area contributed by atoms with Crippen molar-refractivity contribution in [3.05, 3.63) is 29.3 Å². The minimum absolute atomic E-state index is 0.00647. The molecule has 2 heterocycles. The Morgan fingerprint density at radius 1 is 1.16 bits per heavy atom. The molecule has 1 aromatic rings. The molecule has 1 saturated heterocycles. The van der Waals surface area contributed by atoms with Gasteiger partial charge in [-0.2, -0.15) is 5.26 Å². The summed E-state index contributed by atoms with van der Waals surface area (Å²) in [6.45, 7) is 1.29. The first-order valence-corrected chi connectivity index (χ1v) is 10.8. The summed E-state index contributed by atoms with van der Waals surface area (Å²) < 4.78 is 17.8. The average molecular weight is 430 g/mol. The van der Waals surface area contributed by atoms with Gasteiger partial charge in [0.1, 0.15) is 11.9 Å². The van der Waals surface area contributed by atoms with Gasteiger partial charge in [-0.25, -0.2) is 0 Å². The SMILES string of the molecule is CO[C@H]1CC[C@H]2CCOc3ccc(C#N)cc3C(=O)N(C)CCCC(=O)N(C)C[C@@H]1O2. The molecule has 2 amide bonds. The van der Waals surface area contributed by atoms with Crippen LogP contribution in [0.1, 0.15) is 48.0 Å². The summed E-state index contributed by atoms with van der Waals surface area (Å²) in [6, 6.07) is 6.96. The lowest BCUT2D eigenvalue weighted by molar-refractivity contribution is -0.150. The lowest BCUT2D eigenvalue weighted by Gasteiger charge is -2.37. The summed E-state index contributed by atoms with van der Waals surface area (Å²) in [6.07, 6.45) is 3.02. The molecule has 31 heavy (non-hydrogen) atoms. The van der Waals surface area contributed by atoms with E-state index in [2.05, 4.69) is 6.07 Å². The zero-order valence-corrected chi connectivity index (χ0v) is 18.5. The van der Waals surface area contributed by atoms with E-state index in [4.69, 9.17) is 14.2 Å². The van der Waals surface area contributed by atoms with Crippen LogP contribution in [0.25, 0.3) is 0 Å². The number of carbonyl (C=O) groups excluding carboxylic acids is 2. The van der Waals surface area contributed by atoms with E-state index < -0.39 is 0 Å². The smallest absolute Gasteiger partial charge is 0.257 e. The number of fused-ring (bicyclic) bond motifs is 3. The number of amides is 2. The molecule has 2 aliphatic heterocycles. The Balaban J connectivity index is 1.82. The number of carbonyl (C=O) groups is 2. The highest BCUT2D eigenvalue weighted by Crippen LogP contribution is 2.26. The summed E-state index contributed by atoms with van der Waals surface area (Å²) in [5, 5.41) is 9.24. The molecule has 8 nitrogen and oxygen atoms in total. The van der Waals surface area contributed by atoms with Gasteiger partial charge in [0.25, 0.3) is 5.91 Å². The van der Waals surface area contributed by atoms with Gasteiger partial charge in [-0.05, 0) is 37.5 Å². The van der Waals surface area contributed by atoms with Crippen LogP contribution in [-0.2, 0) is 14.3 Å². The van der Waals surface area contributed by atoms with Gasteiger partial charge in [0, 0.05) is 47.1 Å². The van der Waals surface area contributed by atoms with E-state index in [9.17, 15) is 14.9 Å². The molecule has 0 aromatic heterocycles. The van der Waals surface area contributed by atoms with E-state index in [1.54, 1.807) is 49.2 Å². The van der Waals surface area contributed by atoms with Crippen molar-refractivity contribution in [1.29, 1.82) is 5.26 Å². The van der Waals surface area contributed by atoms with Crippen molar-refractivity contribution in [1.82, 2.24) is 9.80 Å². The van der Waals surface area contributed by atoms with Crippen molar-refractivity contribution in [2.24, 2.45) is 0 Å². The van der Waals surface area contributed by atoms with E-state index in [0.29, 0.717) is 55.8 Å². The van der Waals surface area contributed by atoms with Gasteiger partial charge < -0.3 is 24.0 Å². The van der Waals surface area contributed by atoms with Crippen molar-refractivity contribution in [3.63, 3.8) is 0 Å². The van der Waals surface area contributed by atoms with Crippen molar-refractivity contribution in [3.8, 4) is 11.8 Å². The minimum Gasteiger partial charge on any atom is -0.493 e. The molecule has 0 radical (unpaired) electrons. The second-order valence-electron chi connectivity index (χ2n) is 8.21. The molecule has 3 atom stereocenters.